The highest BCUT2D eigenvalue weighted by molar-refractivity contribution is 6.62. The lowest BCUT2D eigenvalue weighted by Gasteiger charge is -2.32. The van der Waals surface area contributed by atoms with E-state index in [-0.39, 0.29) is 6.61 Å². The first-order valence-corrected chi connectivity index (χ1v) is 8.90. The minimum absolute atomic E-state index is 0.227. The molecular formula is C19H30BNO5. The number of carbonyl (C=O) groups is 1. The highest BCUT2D eigenvalue weighted by Gasteiger charge is 2.51. The molecule has 144 valence electrons. The number of amides is 1. The number of carbonyl (C=O) groups excluding carboxylic acids is 1. The Labute approximate surface area is 156 Å². The fourth-order valence-electron chi connectivity index (χ4n) is 2.55. The Morgan fingerprint density at radius 2 is 1.65 bits per heavy atom. The summed E-state index contributed by atoms with van der Waals surface area (Å²) in [4.78, 5) is 11.9. The van der Waals surface area contributed by atoms with Crippen LogP contribution in [0.2, 0.25) is 0 Å². The van der Waals surface area contributed by atoms with Gasteiger partial charge in [-0.1, -0.05) is 24.3 Å². The van der Waals surface area contributed by atoms with Crippen LogP contribution < -0.4 is 10.8 Å². The second kappa shape index (κ2) is 7.21. The summed E-state index contributed by atoms with van der Waals surface area (Å²) < 4.78 is 17.3. The number of aliphatic hydroxyl groups excluding tert-OH is 1. The van der Waals surface area contributed by atoms with Crippen LogP contribution in [-0.4, -0.2) is 41.7 Å². The highest BCUT2D eigenvalue weighted by Crippen LogP contribution is 2.36. The highest BCUT2D eigenvalue weighted by atomic mass is 16.7. The molecule has 1 unspecified atom stereocenters. The number of hydrogen-bond donors (Lipinski definition) is 2. The fourth-order valence-corrected chi connectivity index (χ4v) is 2.55. The fraction of sp³-hybridized carbons (Fsp3) is 0.632. The van der Waals surface area contributed by atoms with E-state index in [1.807, 2.05) is 52.0 Å². The molecule has 0 aliphatic carbocycles. The lowest BCUT2D eigenvalue weighted by molar-refractivity contribution is 0.00578. The molecule has 0 saturated carbocycles. The standard InChI is InChI=1S/C19H30BNO5/c1-17(2,3)24-16(23)21-15(12-22)13-8-10-14(11-9-13)20-25-18(4,5)19(6,7)26-20/h8-11,15,22H,12H2,1-7H3,(H,21,23). The summed E-state index contributed by atoms with van der Waals surface area (Å²) in [5.74, 6) is 0. The van der Waals surface area contributed by atoms with E-state index in [0.717, 1.165) is 11.0 Å². The van der Waals surface area contributed by atoms with E-state index >= 15 is 0 Å². The van der Waals surface area contributed by atoms with E-state index in [9.17, 15) is 9.90 Å². The second-order valence-electron chi connectivity index (χ2n) is 8.64. The van der Waals surface area contributed by atoms with Crippen molar-refractivity contribution in [3.8, 4) is 0 Å². The third kappa shape index (κ3) is 4.78. The molecule has 1 fully saturated rings. The van der Waals surface area contributed by atoms with Crippen molar-refractivity contribution in [2.75, 3.05) is 6.61 Å². The molecule has 0 spiro atoms. The Balaban J connectivity index is 2.07. The van der Waals surface area contributed by atoms with Crippen LogP contribution in [0.3, 0.4) is 0 Å². The third-order valence-electron chi connectivity index (χ3n) is 4.74. The van der Waals surface area contributed by atoms with Crippen LogP contribution in [0.5, 0.6) is 0 Å². The largest absolute Gasteiger partial charge is 0.494 e. The molecule has 26 heavy (non-hydrogen) atoms. The molecule has 2 rings (SSSR count). The van der Waals surface area contributed by atoms with Crippen LogP contribution in [0, 0.1) is 0 Å². The van der Waals surface area contributed by atoms with Gasteiger partial charge in [0.05, 0.1) is 23.9 Å². The van der Waals surface area contributed by atoms with Crippen LogP contribution in [0.1, 0.15) is 60.1 Å². The average Bonchev–Trinajstić information content (AvgIpc) is 2.71. The predicted molar refractivity (Wildman–Crippen MR) is 101 cm³/mol. The van der Waals surface area contributed by atoms with Gasteiger partial charge in [-0.25, -0.2) is 4.79 Å². The quantitative estimate of drug-likeness (QED) is 0.804. The van der Waals surface area contributed by atoms with Crippen LogP contribution in [0.25, 0.3) is 0 Å². The monoisotopic (exact) mass is 363 g/mol. The smallest absolute Gasteiger partial charge is 0.444 e. The molecule has 0 bridgehead atoms. The Morgan fingerprint density at radius 3 is 2.08 bits per heavy atom. The molecule has 1 aromatic carbocycles. The Hall–Kier alpha value is -1.57. The van der Waals surface area contributed by atoms with Crippen molar-refractivity contribution in [1.29, 1.82) is 0 Å². The van der Waals surface area contributed by atoms with Crippen molar-refractivity contribution in [2.45, 2.75) is 71.3 Å². The molecule has 1 aliphatic heterocycles. The van der Waals surface area contributed by atoms with Gasteiger partial charge in [0.1, 0.15) is 5.60 Å². The topological polar surface area (TPSA) is 77.0 Å². The Morgan fingerprint density at radius 1 is 1.15 bits per heavy atom. The summed E-state index contributed by atoms with van der Waals surface area (Å²) in [6.07, 6.45) is -0.563. The van der Waals surface area contributed by atoms with Crippen LogP contribution in [0.15, 0.2) is 24.3 Å². The van der Waals surface area contributed by atoms with Gasteiger partial charge in [0.25, 0.3) is 0 Å². The molecule has 1 heterocycles. The zero-order valence-corrected chi connectivity index (χ0v) is 16.8. The Kier molecular flexibility index (Phi) is 5.76. The minimum Gasteiger partial charge on any atom is -0.444 e. The van der Waals surface area contributed by atoms with E-state index < -0.39 is 36.1 Å². The van der Waals surface area contributed by atoms with Gasteiger partial charge >= 0.3 is 13.2 Å². The van der Waals surface area contributed by atoms with Crippen LogP contribution in [-0.2, 0) is 14.0 Å². The second-order valence-corrected chi connectivity index (χ2v) is 8.64. The number of nitrogens with one attached hydrogen (secondary N) is 1. The third-order valence-corrected chi connectivity index (χ3v) is 4.74. The summed E-state index contributed by atoms with van der Waals surface area (Å²) in [5, 5.41) is 12.3. The molecule has 1 atom stereocenters. The molecule has 2 N–H and O–H groups in total. The van der Waals surface area contributed by atoms with Gasteiger partial charge in [0, 0.05) is 0 Å². The van der Waals surface area contributed by atoms with Gasteiger partial charge in [-0.15, -0.1) is 0 Å². The van der Waals surface area contributed by atoms with Gasteiger partial charge in [0.2, 0.25) is 0 Å². The molecule has 1 aromatic rings. The molecular weight excluding hydrogens is 333 g/mol. The number of aliphatic hydroxyl groups is 1. The first-order chi connectivity index (χ1) is 11.8. The van der Waals surface area contributed by atoms with E-state index in [4.69, 9.17) is 14.0 Å². The molecule has 0 aromatic heterocycles. The van der Waals surface area contributed by atoms with Gasteiger partial charge < -0.3 is 24.5 Å². The first-order valence-electron chi connectivity index (χ1n) is 8.90. The van der Waals surface area contributed by atoms with E-state index in [1.165, 1.54) is 0 Å². The lowest BCUT2D eigenvalue weighted by Crippen LogP contribution is -2.41. The summed E-state index contributed by atoms with van der Waals surface area (Å²) in [6.45, 7) is 13.2. The summed E-state index contributed by atoms with van der Waals surface area (Å²) in [6, 6.07) is 6.92. The van der Waals surface area contributed by atoms with Gasteiger partial charge in [-0.3, -0.25) is 0 Å². The number of rotatable bonds is 4. The van der Waals surface area contributed by atoms with Crippen molar-refractivity contribution >= 4 is 18.7 Å². The van der Waals surface area contributed by atoms with Gasteiger partial charge in [-0.2, -0.15) is 0 Å². The van der Waals surface area contributed by atoms with Gasteiger partial charge in [-0.05, 0) is 59.5 Å². The minimum atomic E-state index is -0.593. The molecule has 7 heteroatoms. The van der Waals surface area contributed by atoms with E-state index in [0.29, 0.717) is 0 Å². The van der Waals surface area contributed by atoms with Crippen molar-refractivity contribution in [3.63, 3.8) is 0 Å². The predicted octanol–water partition coefficient (Wildman–Crippen LogP) is 2.54. The maximum Gasteiger partial charge on any atom is 0.494 e. The summed E-state index contributed by atoms with van der Waals surface area (Å²) in [7, 11) is -0.444. The van der Waals surface area contributed by atoms with E-state index in [2.05, 4.69) is 5.32 Å². The maximum atomic E-state index is 11.9. The van der Waals surface area contributed by atoms with Crippen molar-refractivity contribution in [3.05, 3.63) is 29.8 Å². The number of ether oxygens (including phenoxy) is 1. The lowest BCUT2D eigenvalue weighted by atomic mass is 9.78. The SMILES string of the molecule is CC(C)(C)OC(=O)NC(CO)c1ccc(B2OC(C)(C)C(C)(C)O2)cc1. The summed E-state index contributed by atoms with van der Waals surface area (Å²) in [5.41, 5.74) is 0.273. The van der Waals surface area contributed by atoms with Crippen molar-refractivity contribution in [2.24, 2.45) is 0 Å². The summed E-state index contributed by atoms with van der Waals surface area (Å²) >= 11 is 0. The molecule has 1 aliphatic rings. The zero-order valence-electron chi connectivity index (χ0n) is 16.8. The normalized spacial score (nSPS) is 19.9. The van der Waals surface area contributed by atoms with Crippen LogP contribution >= 0.6 is 0 Å². The molecule has 0 radical (unpaired) electrons. The number of benzene rings is 1. The number of alkyl carbamates (subject to hydrolysis) is 1. The first kappa shape index (κ1) is 20.7. The maximum absolute atomic E-state index is 11.9. The number of hydrogen-bond acceptors (Lipinski definition) is 5. The Bertz CT molecular complexity index is 620. The molecule has 6 nitrogen and oxygen atoms in total. The average molecular weight is 363 g/mol. The van der Waals surface area contributed by atoms with Gasteiger partial charge in [0.15, 0.2) is 0 Å². The molecule has 1 amide bonds. The van der Waals surface area contributed by atoms with Crippen molar-refractivity contribution in [1.82, 2.24) is 5.32 Å². The van der Waals surface area contributed by atoms with E-state index in [1.54, 1.807) is 20.8 Å². The zero-order chi connectivity index (χ0) is 19.8. The van der Waals surface area contributed by atoms with Crippen molar-refractivity contribution < 1.29 is 23.9 Å². The molecule has 1 saturated heterocycles. The van der Waals surface area contributed by atoms with Crippen LogP contribution in [0.4, 0.5) is 4.79 Å².